The van der Waals surface area contributed by atoms with E-state index in [9.17, 15) is 0 Å². The molecule has 0 fully saturated rings. The molecular formula is C46H36N2. The van der Waals surface area contributed by atoms with Crippen LogP contribution in [0.2, 0.25) is 0 Å². The largest absolute Gasteiger partial charge is 0.252 e. The van der Waals surface area contributed by atoms with Gasteiger partial charge in [-0.05, 0) is 117 Å². The van der Waals surface area contributed by atoms with E-state index in [2.05, 4.69) is 151 Å². The molecule has 10 rings (SSSR count). The van der Waals surface area contributed by atoms with Crippen LogP contribution in [0.25, 0.3) is 77.1 Å². The summed E-state index contributed by atoms with van der Waals surface area (Å²) in [6, 6.07) is 40.9. The topological polar surface area (TPSA) is 25.8 Å². The van der Waals surface area contributed by atoms with Crippen molar-refractivity contribution in [2.75, 3.05) is 0 Å². The second-order valence-corrected chi connectivity index (χ2v) is 15.1. The number of fused-ring (bicyclic) bond motifs is 6. The van der Waals surface area contributed by atoms with Crippen LogP contribution in [0.4, 0.5) is 0 Å². The van der Waals surface area contributed by atoms with Gasteiger partial charge in [-0.2, -0.15) is 0 Å². The highest BCUT2D eigenvalue weighted by Crippen LogP contribution is 2.51. The van der Waals surface area contributed by atoms with Gasteiger partial charge in [0.25, 0.3) is 0 Å². The molecule has 2 aliphatic rings. The van der Waals surface area contributed by atoms with E-state index in [1.807, 2.05) is 0 Å². The summed E-state index contributed by atoms with van der Waals surface area (Å²) >= 11 is 0. The van der Waals surface area contributed by atoms with E-state index in [1.54, 1.807) is 0 Å². The van der Waals surface area contributed by atoms with Gasteiger partial charge in [-0.1, -0.05) is 100 Å². The van der Waals surface area contributed by atoms with Crippen LogP contribution in [0, 0.1) is 13.8 Å². The van der Waals surface area contributed by atoms with Gasteiger partial charge in [0.1, 0.15) is 0 Å². The number of nitrogens with zero attached hydrogens (tertiary/aromatic N) is 2. The van der Waals surface area contributed by atoms with Crippen molar-refractivity contribution in [2.24, 2.45) is 0 Å². The van der Waals surface area contributed by atoms with E-state index in [0.29, 0.717) is 0 Å². The third-order valence-corrected chi connectivity index (χ3v) is 11.7. The Morgan fingerprint density at radius 1 is 0.396 bits per heavy atom. The average molecular weight is 617 g/mol. The molecule has 0 spiro atoms. The normalized spacial score (nSPS) is 15.2. The molecule has 2 aromatic heterocycles. The van der Waals surface area contributed by atoms with E-state index in [1.165, 1.54) is 88.3 Å². The number of rotatable bonds is 2. The standard InChI is InChI=1S/C46H36N2/c1-25-35-19-29(27-15-17-33-31-11-7-9-13-37(31)45(3,4)39(33)21-27)24-42-43(35)44-36(26(2)48-42)20-30(23-41(44)47-25)28-16-18-34-32-12-8-10-14-38(32)46(5,6)40(34)22-28/h7-24H,1-6H3. The number of hydrogen-bond donors (Lipinski definition) is 0. The van der Waals surface area contributed by atoms with Crippen LogP contribution in [0.1, 0.15) is 61.3 Å². The van der Waals surface area contributed by atoms with Crippen LogP contribution in [0.15, 0.2) is 109 Å². The highest BCUT2D eigenvalue weighted by atomic mass is 14.7. The summed E-state index contributed by atoms with van der Waals surface area (Å²) in [4.78, 5) is 10.6. The minimum absolute atomic E-state index is 0.0410. The lowest BCUT2D eigenvalue weighted by Gasteiger charge is -2.22. The Hall–Kier alpha value is -5.34. The molecule has 0 amide bonds. The van der Waals surface area contributed by atoms with Gasteiger partial charge in [-0.25, -0.2) is 0 Å². The molecule has 0 saturated heterocycles. The maximum atomic E-state index is 5.28. The van der Waals surface area contributed by atoms with E-state index in [0.717, 1.165) is 22.4 Å². The molecule has 8 aromatic rings. The Labute approximate surface area is 281 Å². The van der Waals surface area contributed by atoms with Crippen molar-refractivity contribution in [1.82, 2.24) is 9.97 Å². The number of benzene rings is 6. The van der Waals surface area contributed by atoms with Crippen LogP contribution in [0.3, 0.4) is 0 Å². The minimum atomic E-state index is -0.0410. The summed E-state index contributed by atoms with van der Waals surface area (Å²) in [5, 5.41) is 4.79. The van der Waals surface area contributed by atoms with E-state index >= 15 is 0 Å². The Bertz CT molecular complexity index is 2500. The van der Waals surface area contributed by atoms with Crippen molar-refractivity contribution >= 4 is 32.6 Å². The third-order valence-electron chi connectivity index (χ3n) is 11.7. The van der Waals surface area contributed by atoms with Gasteiger partial charge < -0.3 is 0 Å². The quantitative estimate of drug-likeness (QED) is 0.181. The first-order valence-electron chi connectivity index (χ1n) is 17.1. The first-order valence-corrected chi connectivity index (χ1v) is 17.1. The Kier molecular flexibility index (Phi) is 5.30. The van der Waals surface area contributed by atoms with E-state index in [-0.39, 0.29) is 10.8 Å². The predicted molar refractivity (Wildman–Crippen MR) is 201 cm³/mol. The van der Waals surface area contributed by atoms with Crippen molar-refractivity contribution in [1.29, 1.82) is 0 Å². The number of aromatic nitrogens is 2. The second-order valence-electron chi connectivity index (χ2n) is 15.1. The molecule has 0 atom stereocenters. The molecule has 2 aliphatic carbocycles. The van der Waals surface area contributed by atoms with Crippen molar-refractivity contribution in [3.8, 4) is 44.5 Å². The molecule has 2 heteroatoms. The number of aryl methyl sites for hydroxylation is 2. The van der Waals surface area contributed by atoms with Crippen LogP contribution in [0.5, 0.6) is 0 Å². The van der Waals surface area contributed by atoms with Crippen molar-refractivity contribution in [3.05, 3.63) is 143 Å². The Morgan fingerprint density at radius 3 is 1.23 bits per heavy atom. The fourth-order valence-corrected chi connectivity index (χ4v) is 9.11. The lowest BCUT2D eigenvalue weighted by atomic mass is 9.81. The summed E-state index contributed by atoms with van der Waals surface area (Å²) < 4.78 is 0. The Balaban J connectivity index is 1.13. The van der Waals surface area contributed by atoms with Gasteiger partial charge >= 0.3 is 0 Å². The molecule has 6 aromatic carbocycles. The Morgan fingerprint density at radius 2 is 0.792 bits per heavy atom. The maximum absolute atomic E-state index is 5.28. The SMILES string of the molecule is Cc1nc2cc(-c3ccc4c(c3)C(C)(C)c3ccccc3-4)cc3c(C)nc4cc(-c5ccc6c(c5)C(C)(C)c5ccccc5-6)cc1c4c23. The monoisotopic (exact) mass is 616 g/mol. The lowest BCUT2D eigenvalue weighted by Crippen LogP contribution is -2.14. The molecule has 0 aliphatic heterocycles. The van der Waals surface area contributed by atoms with Crippen LogP contribution in [-0.2, 0) is 10.8 Å². The second kappa shape index (κ2) is 9.17. The number of pyridine rings is 2. The zero-order valence-corrected chi connectivity index (χ0v) is 28.3. The minimum Gasteiger partial charge on any atom is -0.252 e. The van der Waals surface area contributed by atoms with Gasteiger partial charge in [-0.3, -0.25) is 9.97 Å². The smallest absolute Gasteiger partial charge is 0.0725 e. The van der Waals surface area contributed by atoms with Crippen LogP contribution in [-0.4, -0.2) is 9.97 Å². The zero-order chi connectivity index (χ0) is 32.7. The summed E-state index contributed by atoms with van der Waals surface area (Å²) in [5.41, 5.74) is 19.9. The van der Waals surface area contributed by atoms with Gasteiger partial charge in [0, 0.05) is 43.8 Å². The summed E-state index contributed by atoms with van der Waals surface area (Å²) in [6.45, 7) is 13.7. The van der Waals surface area contributed by atoms with Gasteiger partial charge in [0.05, 0.1) is 11.0 Å². The third kappa shape index (κ3) is 3.53. The highest BCUT2D eigenvalue weighted by Gasteiger charge is 2.36. The van der Waals surface area contributed by atoms with E-state index < -0.39 is 0 Å². The summed E-state index contributed by atoms with van der Waals surface area (Å²) in [5.74, 6) is 0. The molecule has 48 heavy (non-hydrogen) atoms. The molecular weight excluding hydrogens is 581 g/mol. The molecule has 2 heterocycles. The molecule has 0 radical (unpaired) electrons. The zero-order valence-electron chi connectivity index (χ0n) is 28.3. The predicted octanol–water partition coefficient (Wildman–Crippen LogP) is 11.9. The molecule has 230 valence electrons. The molecule has 0 bridgehead atoms. The van der Waals surface area contributed by atoms with Gasteiger partial charge in [-0.15, -0.1) is 0 Å². The van der Waals surface area contributed by atoms with Crippen LogP contribution >= 0.6 is 0 Å². The molecule has 0 unspecified atom stereocenters. The highest BCUT2D eigenvalue weighted by molar-refractivity contribution is 6.23. The number of hydrogen-bond acceptors (Lipinski definition) is 2. The van der Waals surface area contributed by atoms with E-state index in [4.69, 9.17) is 9.97 Å². The lowest BCUT2D eigenvalue weighted by molar-refractivity contribution is 0.660. The van der Waals surface area contributed by atoms with Crippen molar-refractivity contribution in [3.63, 3.8) is 0 Å². The van der Waals surface area contributed by atoms with Crippen LogP contribution < -0.4 is 0 Å². The maximum Gasteiger partial charge on any atom is 0.0725 e. The first kappa shape index (κ1) is 27.7. The fraction of sp³-hybridized carbons (Fsp3) is 0.174. The summed E-state index contributed by atoms with van der Waals surface area (Å²) in [6.07, 6.45) is 0. The molecule has 0 N–H and O–H groups in total. The van der Waals surface area contributed by atoms with Crippen molar-refractivity contribution < 1.29 is 0 Å². The van der Waals surface area contributed by atoms with Gasteiger partial charge in [0.2, 0.25) is 0 Å². The summed E-state index contributed by atoms with van der Waals surface area (Å²) in [7, 11) is 0. The molecule has 0 saturated carbocycles. The average Bonchev–Trinajstić information content (AvgIpc) is 3.46. The first-order chi connectivity index (χ1) is 23.1. The van der Waals surface area contributed by atoms with Crippen molar-refractivity contribution in [2.45, 2.75) is 52.4 Å². The fourth-order valence-electron chi connectivity index (χ4n) is 9.11. The molecule has 2 nitrogen and oxygen atoms in total. The van der Waals surface area contributed by atoms with Gasteiger partial charge in [0.15, 0.2) is 0 Å².